The van der Waals surface area contributed by atoms with Gasteiger partial charge in [-0.25, -0.2) is 0 Å². The van der Waals surface area contributed by atoms with Crippen molar-refractivity contribution < 1.29 is 9.90 Å². The highest BCUT2D eigenvalue weighted by Gasteiger charge is 2.60. The molecule has 3 nitrogen and oxygen atoms in total. The molecule has 4 fully saturated rings. The van der Waals surface area contributed by atoms with Gasteiger partial charge in [0, 0.05) is 12.5 Å². The highest BCUT2D eigenvalue weighted by atomic mass is 16.4. The summed E-state index contributed by atoms with van der Waals surface area (Å²) in [6.45, 7) is 7.52. The van der Waals surface area contributed by atoms with Crippen LogP contribution in [0.25, 0.3) is 0 Å². The topological polar surface area (TPSA) is 63.3 Å². The summed E-state index contributed by atoms with van der Waals surface area (Å²) >= 11 is 0. The quantitative estimate of drug-likeness (QED) is 0.684. The van der Waals surface area contributed by atoms with Gasteiger partial charge in [-0.1, -0.05) is 20.8 Å². The van der Waals surface area contributed by atoms with Gasteiger partial charge in [0.2, 0.25) is 0 Å². The third kappa shape index (κ3) is 3.16. The van der Waals surface area contributed by atoms with Crippen molar-refractivity contribution in [3.63, 3.8) is 0 Å². The number of fused-ring (bicyclic) bond motifs is 5. The van der Waals surface area contributed by atoms with Crippen LogP contribution in [0.3, 0.4) is 0 Å². The van der Waals surface area contributed by atoms with Crippen LogP contribution < -0.4 is 5.73 Å². The van der Waals surface area contributed by atoms with Gasteiger partial charge in [-0.2, -0.15) is 0 Å². The van der Waals surface area contributed by atoms with E-state index in [4.69, 9.17) is 10.8 Å². The highest BCUT2D eigenvalue weighted by Crippen LogP contribution is 2.68. The number of hydrogen-bond acceptors (Lipinski definition) is 2. The Morgan fingerprint density at radius 1 is 1.04 bits per heavy atom. The van der Waals surface area contributed by atoms with Gasteiger partial charge in [-0.05, 0) is 111 Å². The van der Waals surface area contributed by atoms with Gasteiger partial charge < -0.3 is 10.8 Å². The molecule has 0 saturated heterocycles. The van der Waals surface area contributed by atoms with Crippen molar-refractivity contribution in [3.8, 4) is 0 Å². The molecule has 154 valence electrons. The van der Waals surface area contributed by atoms with Gasteiger partial charge >= 0.3 is 5.97 Å². The Morgan fingerprint density at radius 2 is 1.74 bits per heavy atom. The first-order chi connectivity index (χ1) is 12.8. The van der Waals surface area contributed by atoms with E-state index in [1.807, 2.05) is 0 Å². The second-order valence-corrected chi connectivity index (χ2v) is 11.3. The summed E-state index contributed by atoms with van der Waals surface area (Å²) in [5.74, 6) is 4.21. The van der Waals surface area contributed by atoms with Crippen LogP contribution in [0.1, 0.15) is 91.4 Å². The third-order valence-electron chi connectivity index (χ3n) is 10.3. The Balaban J connectivity index is 1.51. The van der Waals surface area contributed by atoms with Crippen LogP contribution in [0.4, 0.5) is 0 Å². The van der Waals surface area contributed by atoms with Crippen LogP contribution in [0.5, 0.6) is 0 Å². The molecule has 0 aromatic heterocycles. The maximum absolute atomic E-state index is 11.1. The molecule has 4 saturated carbocycles. The van der Waals surface area contributed by atoms with Crippen molar-refractivity contribution in [1.82, 2.24) is 0 Å². The van der Waals surface area contributed by atoms with Crippen molar-refractivity contribution in [2.45, 2.75) is 97.4 Å². The molecule has 4 rings (SSSR count). The SMILES string of the molecule is C[C@H](CCC(=O)O)[C@H]1CC[C@H]2[C@@H]3CC[C@H]4CC(N)CC[C@]4(C)[C@H]3CC[C@]12C. The lowest BCUT2D eigenvalue weighted by atomic mass is 9.44. The zero-order chi connectivity index (χ0) is 19.4. The maximum atomic E-state index is 11.1. The number of carbonyl (C=O) groups is 1. The van der Waals surface area contributed by atoms with E-state index in [1.165, 1.54) is 57.8 Å². The van der Waals surface area contributed by atoms with Gasteiger partial charge in [0.25, 0.3) is 0 Å². The minimum Gasteiger partial charge on any atom is -0.481 e. The van der Waals surface area contributed by atoms with Crippen LogP contribution in [0, 0.1) is 46.3 Å². The molecule has 0 aliphatic heterocycles. The van der Waals surface area contributed by atoms with E-state index in [2.05, 4.69) is 20.8 Å². The zero-order valence-corrected chi connectivity index (χ0v) is 17.8. The standard InChI is InChI=1S/C24H41NO2/c1-15(4-9-22(26)27)19-7-8-20-18-6-5-16-14-17(25)10-12-23(16,2)21(18)11-13-24(19,20)3/h15-21H,4-14,25H2,1-3H3,(H,26,27)/t15-,16+,17?,18+,19-,20+,21+,23+,24-/m1/s1. The second-order valence-electron chi connectivity index (χ2n) is 11.3. The zero-order valence-electron chi connectivity index (χ0n) is 17.8. The first-order valence-electron chi connectivity index (χ1n) is 11.7. The largest absolute Gasteiger partial charge is 0.481 e. The average molecular weight is 376 g/mol. The van der Waals surface area contributed by atoms with E-state index in [0.717, 1.165) is 36.0 Å². The van der Waals surface area contributed by atoms with Crippen LogP contribution in [0.15, 0.2) is 0 Å². The van der Waals surface area contributed by atoms with E-state index >= 15 is 0 Å². The predicted molar refractivity (Wildman–Crippen MR) is 109 cm³/mol. The smallest absolute Gasteiger partial charge is 0.303 e. The Morgan fingerprint density at radius 3 is 2.48 bits per heavy atom. The Hall–Kier alpha value is -0.570. The number of carboxylic acids is 1. The third-order valence-corrected chi connectivity index (χ3v) is 10.3. The summed E-state index contributed by atoms with van der Waals surface area (Å²) in [5, 5.41) is 9.10. The summed E-state index contributed by atoms with van der Waals surface area (Å²) in [6, 6.07) is 0.444. The van der Waals surface area contributed by atoms with E-state index in [-0.39, 0.29) is 0 Å². The molecule has 0 aromatic carbocycles. The van der Waals surface area contributed by atoms with E-state index in [9.17, 15) is 4.79 Å². The molecule has 3 heteroatoms. The number of nitrogens with two attached hydrogens (primary N) is 1. The summed E-state index contributed by atoms with van der Waals surface area (Å²) in [5.41, 5.74) is 7.32. The summed E-state index contributed by atoms with van der Waals surface area (Å²) in [7, 11) is 0. The Bertz CT molecular complexity index is 577. The van der Waals surface area contributed by atoms with Crippen molar-refractivity contribution >= 4 is 5.97 Å². The fourth-order valence-corrected chi connectivity index (χ4v) is 8.82. The molecule has 3 N–H and O–H groups in total. The molecule has 4 aliphatic carbocycles. The van der Waals surface area contributed by atoms with Gasteiger partial charge in [0.1, 0.15) is 0 Å². The van der Waals surface area contributed by atoms with Gasteiger partial charge in [-0.3, -0.25) is 4.79 Å². The molecular formula is C24H41NO2. The normalized spacial score (nSPS) is 50.4. The van der Waals surface area contributed by atoms with Crippen molar-refractivity contribution in [2.24, 2.45) is 52.1 Å². The number of rotatable bonds is 4. The predicted octanol–water partition coefficient (Wildman–Crippen LogP) is 5.47. The fourth-order valence-electron chi connectivity index (χ4n) is 8.82. The van der Waals surface area contributed by atoms with Crippen molar-refractivity contribution in [3.05, 3.63) is 0 Å². The molecule has 0 aromatic rings. The lowest BCUT2D eigenvalue weighted by Crippen LogP contribution is -2.54. The van der Waals surface area contributed by atoms with Gasteiger partial charge in [-0.15, -0.1) is 0 Å². The van der Waals surface area contributed by atoms with Crippen molar-refractivity contribution in [2.75, 3.05) is 0 Å². The Kier molecular flexibility index (Phi) is 5.15. The van der Waals surface area contributed by atoms with Gasteiger partial charge in [0.05, 0.1) is 0 Å². The lowest BCUT2D eigenvalue weighted by molar-refractivity contribution is -0.137. The van der Waals surface area contributed by atoms with Crippen molar-refractivity contribution in [1.29, 1.82) is 0 Å². The van der Waals surface area contributed by atoms with Crippen LogP contribution in [-0.4, -0.2) is 17.1 Å². The molecule has 0 amide bonds. The number of aliphatic carboxylic acids is 1. The molecule has 0 bridgehead atoms. The molecule has 0 spiro atoms. The lowest BCUT2D eigenvalue weighted by Gasteiger charge is -2.61. The molecule has 9 atom stereocenters. The fraction of sp³-hybridized carbons (Fsp3) is 0.958. The van der Waals surface area contributed by atoms with Gasteiger partial charge in [0.15, 0.2) is 0 Å². The van der Waals surface area contributed by atoms with Crippen LogP contribution in [-0.2, 0) is 4.79 Å². The van der Waals surface area contributed by atoms with E-state index in [0.29, 0.717) is 29.2 Å². The van der Waals surface area contributed by atoms with E-state index < -0.39 is 5.97 Å². The summed E-state index contributed by atoms with van der Waals surface area (Å²) in [6.07, 6.45) is 13.3. The van der Waals surface area contributed by atoms with Crippen LogP contribution >= 0.6 is 0 Å². The summed E-state index contributed by atoms with van der Waals surface area (Å²) in [4.78, 5) is 11.1. The Labute approximate surface area is 165 Å². The second kappa shape index (κ2) is 7.04. The van der Waals surface area contributed by atoms with Crippen LogP contribution in [0.2, 0.25) is 0 Å². The minimum absolute atomic E-state index is 0.338. The average Bonchev–Trinajstić information content (AvgIpc) is 2.97. The maximum Gasteiger partial charge on any atom is 0.303 e. The molecule has 4 aliphatic rings. The first-order valence-corrected chi connectivity index (χ1v) is 11.7. The molecule has 27 heavy (non-hydrogen) atoms. The van der Waals surface area contributed by atoms with E-state index in [1.54, 1.807) is 0 Å². The minimum atomic E-state index is -0.632. The highest BCUT2D eigenvalue weighted by molar-refractivity contribution is 5.66. The molecule has 0 heterocycles. The molecule has 0 radical (unpaired) electrons. The molecular weight excluding hydrogens is 334 g/mol. The monoisotopic (exact) mass is 375 g/mol. The summed E-state index contributed by atoms with van der Waals surface area (Å²) < 4.78 is 0. The number of hydrogen-bond donors (Lipinski definition) is 2. The molecule has 1 unspecified atom stereocenters. The number of carboxylic acid groups (broad SMARTS) is 1. The first kappa shape index (κ1) is 19.7.